The minimum Gasteiger partial charge on any atom is -0.391 e. The van der Waals surface area contributed by atoms with Gasteiger partial charge in [0.2, 0.25) is 5.91 Å². The number of amides is 2. The summed E-state index contributed by atoms with van der Waals surface area (Å²) in [7, 11) is 0. The maximum atomic E-state index is 13.0. The fourth-order valence-corrected chi connectivity index (χ4v) is 4.24. The van der Waals surface area contributed by atoms with Crippen LogP contribution in [-0.4, -0.2) is 64.0 Å². The molecule has 1 atom stereocenters. The summed E-state index contributed by atoms with van der Waals surface area (Å²) in [4.78, 5) is 32.1. The Bertz CT molecular complexity index is 613. The van der Waals surface area contributed by atoms with Crippen molar-refractivity contribution in [1.82, 2.24) is 14.8 Å². The first-order chi connectivity index (χ1) is 11.6. The smallest absolute Gasteiger partial charge is 0.255 e. The molecule has 130 valence electrons. The first-order valence-corrected chi connectivity index (χ1v) is 8.97. The number of rotatable bonds is 3. The Kier molecular flexibility index (Phi) is 3.87. The third-order valence-electron chi connectivity index (χ3n) is 5.83. The fraction of sp³-hybridized carbons (Fsp3) is 0.667. The van der Waals surface area contributed by atoms with Crippen molar-refractivity contribution >= 4 is 11.8 Å². The summed E-state index contributed by atoms with van der Waals surface area (Å²) in [5.74, 6) is 0.852. The number of likely N-dealkylation sites (tertiary alicyclic amines) is 2. The Morgan fingerprint density at radius 1 is 1.33 bits per heavy atom. The van der Waals surface area contributed by atoms with Crippen molar-refractivity contribution in [2.75, 3.05) is 26.2 Å². The zero-order valence-corrected chi connectivity index (χ0v) is 13.9. The van der Waals surface area contributed by atoms with E-state index in [1.54, 1.807) is 18.5 Å². The summed E-state index contributed by atoms with van der Waals surface area (Å²) >= 11 is 0. The number of aromatic amines is 1. The van der Waals surface area contributed by atoms with E-state index in [4.69, 9.17) is 0 Å². The number of nitrogens with one attached hydrogen (secondary N) is 1. The van der Waals surface area contributed by atoms with Gasteiger partial charge in [0.25, 0.3) is 5.91 Å². The van der Waals surface area contributed by atoms with Crippen LogP contribution < -0.4 is 0 Å². The largest absolute Gasteiger partial charge is 0.391 e. The number of β-amino-alcohol motifs (C(OH)–C–C–N with tert-alkyl or cyclic N) is 1. The van der Waals surface area contributed by atoms with Crippen molar-refractivity contribution in [2.24, 2.45) is 11.3 Å². The zero-order valence-electron chi connectivity index (χ0n) is 13.9. The van der Waals surface area contributed by atoms with Crippen molar-refractivity contribution in [3.8, 4) is 0 Å². The fourth-order valence-electron chi connectivity index (χ4n) is 4.24. The summed E-state index contributed by atoms with van der Waals surface area (Å²) in [6.07, 6.45) is 7.26. The molecule has 0 bridgehead atoms. The number of aliphatic hydroxyl groups is 1. The van der Waals surface area contributed by atoms with Crippen LogP contribution in [0.15, 0.2) is 18.5 Å². The second-order valence-electron chi connectivity index (χ2n) is 7.68. The summed E-state index contributed by atoms with van der Waals surface area (Å²) in [6.45, 7) is 2.44. The third kappa shape index (κ3) is 2.83. The molecular weight excluding hydrogens is 306 g/mol. The number of aromatic nitrogens is 1. The van der Waals surface area contributed by atoms with E-state index < -0.39 is 11.5 Å². The molecule has 6 heteroatoms. The van der Waals surface area contributed by atoms with Gasteiger partial charge in [-0.2, -0.15) is 0 Å². The lowest BCUT2D eigenvalue weighted by Gasteiger charge is -2.48. The first kappa shape index (κ1) is 15.7. The molecule has 6 nitrogen and oxygen atoms in total. The Morgan fingerprint density at radius 3 is 2.71 bits per heavy atom. The number of carbonyl (C=O) groups is 2. The van der Waals surface area contributed by atoms with E-state index in [9.17, 15) is 14.7 Å². The third-order valence-corrected chi connectivity index (χ3v) is 5.83. The molecule has 2 saturated heterocycles. The van der Waals surface area contributed by atoms with Crippen LogP contribution >= 0.6 is 0 Å². The van der Waals surface area contributed by atoms with Gasteiger partial charge in [-0.05, 0) is 44.1 Å². The van der Waals surface area contributed by atoms with Gasteiger partial charge in [0, 0.05) is 38.6 Å². The zero-order chi connectivity index (χ0) is 16.7. The van der Waals surface area contributed by atoms with Gasteiger partial charge in [0.05, 0.1) is 17.1 Å². The maximum absolute atomic E-state index is 13.0. The molecule has 4 rings (SSSR count). The van der Waals surface area contributed by atoms with Crippen LogP contribution in [-0.2, 0) is 4.79 Å². The van der Waals surface area contributed by atoms with Crippen molar-refractivity contribution in [1.29, 1.82) is 0 Å². The number of hydrogen-bond acceptors (Lipinski definition) is 3. The molecule has 2 aliphatic heterocycles. The van der Waals surface area contributed by atoms with Crippen LogP contribution in [0.25, 0.3) is 0 Å². The number of aliphatic hydroxyl groups excluding tert-OH is 1. The van der Waals surface area contributed by atoms with Crippen LogP contribution in [0.2, 0.25) is 0 Å². The molecule has 1 aromatic rings. The monoisotopic (exact) mass is 331 g/mol. The van der Waals surface area contributed by atoms with Crippen molar-refractivity contribution < 1.29 is 14.7 Å². The van der Waals surface area contributed by atoms with E-state index in [0.717, 1.165) is 6.54 Å². The normalized spacial score (nSPS) is 26.9. The SMILES string of the molecule is O=C(c1cc[nH]c1)N1CCC2(CC1)CC(O)CN(CC1CC1)C2=O. The number of carbonyl (C=O) groups excluding carboxylic acids is 2. The summed E-state index contributed by atoms with van der Waals surface area (Å²) in [5, 5.41) is 10.3. The molecule has 0 aromatic carbocycles. The van der Waals surface area contributed by atoms with Crippen LogP contribution in [0, 0.1) is 11.3 Å². The predicted molar refractivity (Wildman–Crippen MR) is 88.3 cm³/mol. The van der Waals surface area contributed by atoms with E-state index in [1.807, 2.05) is 9.80 Å². The molecule has 1 spiro atoms. The molecule has 1 aromatic heterocycles. The van der Waals surface area contributed by atoms with Gasteiger partial charge in [-0.3, -0.25) is 9.59 Å². The van der Waals surface area contributed by atoms with Gasteiger partial charge < -0.3 is 19.9 Å². The van der Waals surface area contributed by atoms with E-state index in [-0.39, 0.29) is 11.8 Å². The van der Waals surface area contributed by atoms with Crippen LogP contribution in [0.4, 0.5) is 0 Å². The van der Waals surface area contributed by atoms with Gasteiger partial charge in [-0.1, -0.05) is 0 Å². The minimum absolute atomic E-state index is 0.0183. The van der Waals surface area contributed by atoms with Crippen LogP contribution in [0.5, 0.6) is 0 Å². The number of nitrogens with zero attached hydrogens (tertiary/aromatic N) is 2. The highest BCUT2D eigenvalue weighted by Gasteiger charge is 2.49. The molecule has 3 heterocycles. The van der Waals surface area contributed by atoms with Crippen molar-refractivity contribution in [3.05, 3.63) is 24.0 Å². The summed E-state index contributed by atoms with van der Waals surface area (Å²) < 4.78 is 0. The molecular formula is C18H25N3O3. The molecule has 1 saturated carbocycles. The van der Waals surface area contributed by atoms with Crippen molar-refractivity contribution in [3.63, 3.8) is 0 Å². The lowest BCUT2D eigenvalue weighted by atomic mass is 9.70. The Morgan fingerprint density at radius 2 is 2.08 bits per heavy atom. The van der Waals surface area contributed by atoms with E-state index in [2.05, 4.69) is 4.98 Å². The standard InChI is InChI=1S/C18H25N3O3/c22-15-9-18(17(24)21(12-15)11-13-1-2-13)4-7-20(8-5-18)16(23)14-3-6-19-10-14/h3,6,10,13,15,19,22H,1-2,4-5,7-9,11-12H2. The maximum Gasteiger partial charge on any atom is 0.255 e. The quantitative estimate of drug-likeness (QED) is 0.875. The Labute approximate surface area is 141 Å². The molecule has 3 aliphatic rings. The van der Waals surface area contributed by atoms with E-state index >= 15 is 0 Å². The minimum atomic E-state index is -0.471. The van der Waals surface area contributed by atoms with E-state index in [1.165, 1.54) is 12.8 Å². The summed E-state index contributed by atoms with van der Waals surface area (Å²) in [6, 6.07) is 1.78. The average Bonchev–Trinajstić information content (AvgIpc) is 3.22. The van der Waals surface area contributed by atoms with Gasteiger partial charge in [0.15, 0.2) is 0 Å². The lowest BCUT2D eigenvalue weighted by molar-refractivity contribution is -0.156. The molecule has 0 radical (unpaired) electrons. The highest BCUT2D eigenvalue weighted by molar-refractivity contribution is 5.94. The average molecular weight is 331 g/mol. The van der Waals surface area contributed by atoms with Gasteiger partial charge in [0.1, 0.15) is 0 Å². The van der Waals surface area contributed by atoms with Gasteiger partial charge >= 0.3 is 0 Å². The van der Waals surface area contributed by atoms with Crippen molar-refractivity contribution in [2.45, 2.75) is 38.2 Å². The molecule has 1 unspecified atom stereocenters. The second kappa shape index (κ2) is 5.92. The molecule has 2 N–H and O–H groups in total. The first-order valence-electron chi connectivity index (χ1n) is 8.97. The Hall–Kier alpha value is -1.82. The highest BCUT2D eigenvalue weighted by Crippen LogP contribution is 2.42. The molecule has 2 amide bonds. The van der Waals surface area contributed by atoms with Gasteiger partial charge in [-0.25, -0.2) is 0 Å². The Balaban J connectivity index is 1.44. The summed E-state index contributed by atoms with van der Waals surface area (Å²) in [5.41, 5.74) is 0.193. The van der Waals surface area contributed by atoms with E-state index in [0.29, 0.717) is 50.4 Å². The molecule has 24 heavy (non-hydrogen) atoms. The molecule has 1 aliphatic carbocycles. The molecule has 3 fully saturated rings. The van der Waals surface area contributed by atoms with Gasteiger partial charge in [-0.15, -0.1) is 0 Å². The highest BCUT2D eigenvalue weighted by atomic mass is 16.3. The second-order valence-corrected chi connectivity index (χ2v) is 7.68. The predicted octanol–water partition coefficient (Wildman–Crippen LogP) is 1.24. The lowest BCUT2D eigenvalue weighted by Crippen LogP contribution is -2.58. The topological polar surface area (TPSA) is 76.6 Å². The number of H-pyrrole nitrogens is 1. The van der Waals surface area contributed by atoms with Crippen LogP contribution in [0.1, 0.15) is 42.5 Å². The van der Waals surface area contributed by atoms with Crippen LogP contribution in [0.3, 0.4) is 0 Å². The number of hydrogen-bond donors (Lipinski definition) is 2. The number of piperidine rings is 2.